The standard InChI is InChI=1S/C24H27N3O/c1-27-15-5-9-20-16-18(11-12-23(20)27)13-14-25-24(28)26-17-21-8-4-7-19-6-2-3-10-22(19)21/h2-4,6-8,10-12,16H,5,9,13-15,17H2,1H3,(H2,25,26,28). The number of rotatable bonds is 5. The van der Waals surface area contributed by atoms with Gasteiger partial charge in [0, 0.05) is 32.4 Å². The van der Waals surface area contributed by atoms with Crippen LogP contribution in [0.15, 0.2) is 60.7 Å². The maximum absolute atomic E-state index is 12.2. The Kier molecular flexibility index (Phi) is 5.47. The van der Waals surface area contributed by atoms with Gasteiger partial charge in [-0.05, 0) is 52.8 Å². The van der Waals surface area contributed by atoms with Crippen molar-refractivity contribution in [2.24, 2.45) is 0 Å². The number of hydrogen-bond donors (Lipinski definition) is 2. The number of nitrogens with zero attached hydrogens (tertiary/aromatic N) is 1. The smallest absolute Gasteiger partial charge is 0.315 e. The van der Waals surface area contributed by atoms with Crippen molar-refractivity contribution in [1.82, 2.24) is 10.6 Å². The molecule has 0 bridgehead atoms. The fourth-order valence-corrected chi connectivity index (χ4v) is 4.00. The van der Waals surface area contributed by atoms with Crippen LogP contribution in [0, 0.1) is 0 Å². The van der Waals surface area contributed by atoms with Gasteiger partial charge in [0.1, 0.15) is 0 Å². The van der Waals surface area contributed by atoms with Crippen molar-refractivity contribution >= 4 is 22.5 Å². The molecule has 0 aliphatic carbocycles. The minimum atomic E-state index is -0.120. The maximum Gasteiger partial charge on any atom is 0.315 e. The van der Waals surface area contributed by atoms with E-state index in [1.807, 2.05) is 18.2 Å². The Morgan fingerprint density at radius 3 is 2.82 bits per heavy atom. The first-order chi connectivity index (χ1) is 13.7. The average Bonchev–Trinajstić information content (AvgIpc) is 2.72. The molecule has 1 heterocycles. The lowest BCUT2D eigenvalue weighted by Gasteiger charge is -2.27. The molecule has 0 spiro atoms. The molecule has 4 rings (SSSR count). The summed E-state index contributed by atoms with van der Waals surface area (Å²) in [6.07, 6.45) is 3.20. The zero-order valence-corrected chi connectivity index (χ0v) is 16.4. The Bertz CT molecular complexity index is 977. The first-order valence-electron chi connectivity index (χ1n) is 10.0. The minimum absolute atomic E-state index is 0.120. The van der Waals surface area contributed by atoms with Gasteiger partial charge in [0.2, 0.25) is 0 Å². The SMILES string of the molecule is CN1CCCc2cc(CCNC(=O)NCc3cccc4ccccc34)ccc21. The van der Waals surface area contributed by atoms with Crippen LogP contribution in [-0.4, -0.2) is 26.2 Å². The maximum atomic E-state index is 12.2. The number of benzene rings is 3. The molecule has 28 heavy (non-hydrogen) atoms. The number of amides is 2. The second-order valence-electron chi connectivity index (χ2n) is 7.49. The van der Waals surface area contributed by atoms with Gasteiger partial charge < -0.3 is 15.5 Å². The van der Waals surface area contributed by atoms with Crippen LogP contribution in [0.1, 0.15) is 23.1 Å². The van der Waals surface area contributed by atoms with Gasteiger partial charge in [0.05, 0.1) is 0 Å². The van der Waals surface area contributed by atoms with Gasteiger partial charge in [-0.1, -0.05) is 54.6 Å². The number of carbonyl (C=O) groups is 1. The van der Waals surface area contributed by atoms with E-state index in [0.29, 0.717) is 13.1 Å². The summed E-state index contributed by atoms with van der Waals surface area (Å²) in [4.78, 5) is 14.5. The third-order valence-corrected chi connectivity index (χ3v) is 5.51. The van der Waals surface area contributed by atoms with Gasteiger partial charge in [0.25, 0.3) is 0 Å². The molecule has 0 unspecified atom stereocenters. The van der Waals surface area contributed by atoms with Crippen molar-refractivity contribution < 1.29 is 4.79 Å². The molecule has 1 aliphatic rings. The van der Waals surface area contributed by atoms with E-state index in [1.165, 1.54) is 34.0 Å². The third-order valence-electron chi connectivity index (χ3n) is 5.51. The number of aryl methyl sites for hydroxylation is 1. The molecule has 4 nitrogen and oxygen atoms in total. The summed E-state index contributed by atoms with van der Waals surface area (Å²) in [6, 6.07) is 21.0. The van der Waals surface area contributed by atoms with Crippen molar-refractivity contribution in [1.29, 1.82) is 0 Å². The summed E-state index contributed by atoms with van der Waals surface area (Å²) in [5.74, 6) is 0. The van der Waals surface area contributed by atoms with E-state index < -0.39 is 0 Å². The predicted molar refractivity (Wildman–Crippen MR) is 116 cm³/mol. The van der Waals surface area contributed by atoms with Gasteiger partial charge in [-0.3, -0.25) is 0 Å². The zero-order valence-electron chi connectivity index (χ0n) is 16.4. The Hall–Kier alpha value is -3.01. The van der Waals surface area contributed by atoms with Crippen LogP contribution in [0.2, 0.25) is 0 Å². The van der Waals surface area contributed by atoms with Crippen LogP contribution >= 0.6 is 0 Å². The molecular formula is C24H27N3O. The van der Waals surface area contributed by atoms with Crippen LogP contribution < -0.4 is 15.5 Å². The number of anilines is 1. The highest BCUT2D eigenvalue weighted by atomic mass is 16.2. The number of nitrogens with one attached hydrogen (secondary N) is 2. The summed E-state index contributed by atoms with van der Waals surface area (Å²) in [7, 11) is 2.15. The molecule has 3 aromatic carbocycles. The largest absolute Gasteiger partial charge is 0.374 e. The molecule has 2 amide bonds. The van der Waals surface area contributed by atoms with E-state index >= 15 is 0 Å². The zero-order chi connectivity index (χ0) is 19.3. The molecule has 3 aromatic rings. The Labute approximate surface area is 166 Å². The molecule has 0 radical (unpaired) electrons. The van der Waals surface area contributed by atoms with Gasteiger partial charge in [-0.15, -0.1) is 0 Å². The highest BCUT2D eigenvalue weighted by Crippen LogP contribution is 2.26. The van der Waals surface area contributed by atoms with Gasteiger partial charge in [0.15, 0.2) is 0 Å². The topological polar surface area (TPSA) is 44.4 Å². The van der Waals surface area contributed by atoms with Crippen molar-refractivity contribution in [3.63, 3.8) is 0 Å². The van der Waals surface area contributed by atoms with E-state index in [4.69, 9.17) is 0 Å². The van der Waals surface area contributed by atoms with Gasteiger partial charge in [-0.25, -0.2) is 4.79 Å². The van der Waals surface area contributed by atoms with Gasteiger partial charge in [-0.2, -0.15) is 0 Å². The molecule has 4 heteroatoms. The van der Waals surface area contributed by atoms with Crippen LogP contribution in [-0.2, 0) is 19.4 Å². The average molecular weight is 374 g/mol. The quantitative estimate of drug-likeness (QED) is 0.702. The van der Waals surface area contributed by atoms with Crippen LogP contribution in [0.5, 0.6) is 0 Å². The normalized spacial score (nSPS) is 13.2. The van der Waals surface area contributed by atoms with E-state index in [0.717, 1.165) is 24.9 Å². The molecule has 0 aromatic heterocycles. The van der Waals surface area contributed by atoms with E-state index in [-0.39, 0.29) is 6.03 Å². The second-order valence-corrected chi connectivity index (χ2v) is 7.49. The fraction of sp³-hybridized carbons (Fsp3) is 0.292. The lowest BCUT2D eigenvalue weighted by Crippen LogP contribution is -2.36. The molecule has 144 valence electrons. The van der Waals surface area contributed by atoms with E-state index in [9.17, 15) is 4.79 Å². The van der Waals surface area contributed by atoms with E-state index in [2.05, 4.69) is 65.0 Å². The Morgan fingerprint density at radius 1 is 1.04 bits per heavy atom. The lowest BCUT2D eigenvalue weighted by atomic mass is 9.98. The molecular weight excluding hydrogens is 346 g/mol. The molecule has 2 N–H and O–H groups in total. The number of fused-ring (bicyclic) bond motifs is 2. The first-order valence-corrected chi connectivity index (χ1v) is 10.0. The van der Waals surface area contributed by atoms with E-state index in [1.54, 1.807) is 0 Å². The molecule has 0 atom stereocenters. The molecule has 0 fully saturated rings. The van der Waals surface area contributed by atoms with Crippen molar-refractivity contribution in [2.45, 2.75) is 25.8 Å². The summed E-state index contributed by atoms with van der Waals surface area (Å²) in [6.45, 7) is 2.29. The first kappa shape index (κ1) is 18.4. The van der Waals surface area contributed by atoms with Crippen LogP contribution in [0.3, 0.4) is 0 Å². The number of hydrogen-bond acceptors (Lipinski definition) is 2. The van der Waals surface area contributed by atoms with Gasteiger partial charge >= 0.3 is 6.03 Å². The number of carbonyl (C=O) groups excluding carboxylic acids is 1. The predicted octanol–water partition coefficient (Wildman–Crippen LogP) is 4.26. The number of urea groups is 1. The van der Waals surface area contributed by atoms with Crippen molar-refractivity contribution in [3.8, 4) is 0 Å². The Balaban J connectivity index is 1.28. The summed E-state index contributed by atoms with van der Waals surface area (Å²) in [5, 5.41) is 8.33. The van der Waals surface area contributed by atoms with Crippen LogP contribution in [0.25, 0.3) is 10.8 Å². The Morgan fingerprint density at radius 2 is 1.89 bits per heavy atom. The second kappa shape index (κ2) is 8.34. The summed E-state index contributed by atoms with van der Waals surface area (Å²) >= 11 is 0. The monoisotopic (exact) mass is 373 g/mol. The third kappa shape index (κ3) is 4.11. The molecule has 0 saturated carbocycles. The molecule has 1 aliphatic heterocycles. The highest BCUT2D eigenvalue weighted by molar-refractivity contribution is 5.86. The highest BCUT2D eigenvalue weighted by Gasteiger charge is 2.13. The summed E-state index contributed by atoms with van der Waals surface area (Å²) in [5.41, 5.74) is 5.18. The summed E-state index contributed by atoms with van der Waals surface area (Å²) < 4.78 is 0. The van der Waals surface area contributed by atoms with Crippen molar-refractivity contribution in [2.75, 3.05) is 25.0 Å². The van der Waals surface area contributed by atoms with Crippen molar-refractivity contribution in [3.05, 3.63) is 77.4 Å². The fourth-order valence-electron chi connectivity index (χ4n) is 4.00. The lowest BCUT2D eigenvalue weighted by molar-refractivity contribution is 0.240. The minimum Gasteiger partial charge on any atom is -0.374 e. The molecule has 0 saturated heterocycles. The van der Waals surface area contributed by atoms with Crippen LogP contribution in [0.4, 0.5) is 10.5 Å².